The van der Waals surface area contributed by atoms with Gasteiger partial charge in [-0.1, -0.05) is 0 Å². The van der Waals surface area contributed by atoms with E-state index < -0.39 is 24.9 Å². The molecule has 3 heterocycles. The van der Waals surface area contributed by atoms with Crippen LogP contribution >= 0.6 is 0 Å². The minimum absolute atomic E-state index is 0.146. The normalized spacial score (nSPS) is 24.3. The Morgan fingerprint density at radius 3 is 1.75 bits per heavy atom. The summed E-state index contributed by atoms with van der Waals surface area (Å²) in [6.07, 6.45) is -3.01. The fourth-order valence-corrected chi connectivity index (χ4v) is 3.63. The van der Waals surface area contributed by atoms with Crippen molar-refractivity contribution in [1.82, 2.24) is 20.2 Å². The highest BCUT2D eigenvalue weighted by atomic mass is 16.3. The minimum atomic E-state index is -0.905. The third kappa shape index (κ3) is 2.67. The molecule has 1 aliphatic carbocycles. The molecule has 4 bridgehead atoms. The zero-order chi connectivity index (χ0) is 17.8. The molecular formula is C15H25N5O4. The number of aliphatic hydroxyl groups excluding tert-OH is 4. The van der Waals surface area contributed by atoms with Crippen LogP contribution in [0.5, 0.6) is 0 Å². The second kappa shape index (κ2) is 6.17. The number of fused-ring (bicyclic) bond motifs is 2. The molecule has 9 heteroatoms. The van der Waals surface area contributed by atoms with Crippen LogP contribution in [0.15, 0.2) is 0 Å². The van der Waals surface area contributed by atoms with Crippen LogP contribution in [0.3, 0.4) is 0 Å². The lowest BCUT2D eigenvalue weighted by Gasteiger charge is -2.47. The molecular weight excluding hydrogens is 314 g/mol. The summed E-state index contributed by atoms with van der Waals surface area (Å²) in [5, 5.41) is 42.7. The summed E-state index contributed by atoms with van der Waals surface area (Å²) >= 11 is 0. The Labute approximate surface area is 140 Å². The predicted octanol–water partition coefficient (Wildman–Crippen LogP) is -1.19. The van der Waals surface area contributed by atoms with Crippen LogP contribution in [0, 0.1) is 0 Å². The smallest absolute Gasteiger partial charge is 0.230 e. The third-order valence-corrected chi connectivity index (χ3v) is 4.62. The quantitative estimate of drug-likeness (QED) is 0.407. The van der Waals surface area contributed by atoms with Gasteiger partial charge in [-0.3, -0.25) is 10.2 Å². The number of aliphatic hydroxyl groups is 4. The van der Waals surface area contributed by atoms with E-state index in [1.165, 1.54) is 4.90 Å². The van der Waals surface area contributed by atoms with Crippen molar-refractivity contribution in [3.05, 3.63) is 17.0 Å². The first-order chi connectivity index (χ1) is 11.2. The lowest BCUT2D eigenvalue weighted by molar-refractivity contribution is -0.121. The first kappa shape index (κ1) is 17.5. The Hall–Kier alpha value is -1.36. The van der Waals surface area contributed by atoms with Crippen LogP contribution < -0.4 is 10.2 Å². The van der Waals surface area contributed by atoms with E-state index in [0.717, 1.165) is 17.0 Å². The molecule has 0 saturated heterocycles. The lowest BCUT2D eigenvalue weighted by Crippen LogP contribution is -2.60. The molecule has 1 aromatic rings. The minimum Gasteiger partial charge on any atom is -0.379 e. The first-order valence-electron chi connectivity index (χ1n) is 8.17. The average Bonchev–Trinajstić information content (AvgIpc) is 2.47. The number of nitrogens with one attached hydrogen (secondary N) is 1. The molecule has 2 aliphatic heterocycles. The average molecular weight is 339 g/mol. The zero-order valence-electron chi connectivity index (χ0n) is 14.2. The summed E-state index contributed by atoms with van der Waals surface area (Å²) in [7, 11) is 0. The van der Waals surface area contributed by atoms with Crippen LogP contribution in [0.2, 0.25) is 0 Å². The Bertz CT molecular complexity index is 581. The van der Waals surface area contributed by atoms with Gasteiger partial charge in [-0.15, -0.1) is 0 Å². The van der Waals surface area contributed by atoms with Gasteiger partial charge in [0, 0.05) is 12.0 Å². The SMILES string of the molecule is CC(O)N(C1=NC2=C3CC(N(C(C)O)C(C)O)NC2C3=N1)C(C)O. The maximum Gasteiger partial charge on any atom is 0.230 e. The van der Waals surface area contributed by atoms with Gasteiger partial charge in [-0.05, 0) is 27.7 Å². The van der Waals surface area contributed by atoms with Gasteiger partial charge in [0.25, 0.3) is 0 Å². The van der Waals surface area contributed by atoms with E-state index in [-0.39, 0.29) is 12.2 Å². The van der Waals surface area contributed by atoms with Gasteiger partial charge < -0.3 is 20.4 Å². The van der Waals surface area contributed by atoms with Gasteiger partial charge >= 0.3 is 0 Å². The van der Waals surface area contributed by atoms with E-state index in [9.17, 15) is 20.4 Å². The van der Waals surface area contributed by atoms with E-state index in [4.69, 9.17) is 0 Å². The van der Waals surface area contributed by atoms with Crippen molar-refractivity contribution < 1.29 is 20.4 Å². The molecule has 1 aromatic heterocycles. The molecule has 0 radical (unpaired) electrons. The topological polar surface area (TPSA) is 125 Å². The van der Waals surface area contributed by atoms with Crippen LogP contribution in [-0.2, 0) is 6.42 Å². The maximum atomic E-state index is 9.87. The second-order valence-corrected chi connectivity index (χ2v) is 6.47. The summed E-state index contributed by atoms with van der Waals surface area (Å²) < 4.78 is 0. The number of rotatable bonds is 6. The van der Waals surface area contributed by atoms with Crippen molar-refractivity contribution in [1.29, 1.82) is 0 Å². The Morgan fingerprint density at radius 1 is 0.917 bits per heavy atom. The van der Waals surface area contributed by atoms with Crippen molar-refractivity contribution in [2.45, 2.75) is 71.2 Å². The molecule has 5 N–H and O–H groups in total. The van der Waals surface area contributed by atoms with Gasteiger partial charge in [-0.2, -0.15) is 0 Å². The van der Waals surface area contributed by atoms with Crippen molar-refractivity contribution in [3.63, 3.8) is 0 Å². The van der Waals surface area contributed by atoms with Gasteiger partial charge in [0.1, 0.15) is 24.9 Å². The summed E-state index contributed by atoms with van der Waals surface area (Å²) in [6.45, 7) is 6.33. The maximum absolute atomic E-state index is 9.87. The molecule has 9 nitrogen and oxygen atoms in total. The van der Waals surface area contributed by atoms with E-state index in [1.54, 1.807) is 32.6 Å². The third-order valence-electron chi connectivity index (χ3n) is 4.62. The largest absolute Gasteiger partial charge is 0.379 e. The molecule has 0 fully saturated rings. The summed E-state index contributed by atoms with van der Waals surface area (Å²) in [4.78, 5) is 11.9. The summed E-state index contributed by atoms with van der Waals surface area (Å²) in [6, 6.07) is -0.146. The molecule has 5 atom stereocenters. The molecule has 0 spiro atoms. The standard InChI is InChI=1S/C15H25N5O4/c1-6(21)19(7(2)22)11-5-10-12-14(16-11)13(10)18-15(17-12)20(8(3)23)9(4)24/h6-9,11,14,16,21-24H,5H2,1-4H3. The molecule has 0 aromatic carbocycles. The van der Waals surface area contributed by atoms with E-state index in [0.29, 0.717) is 12.4 Å². The van der Waals surface area contributed by atoms with Crippen LogP contribution in [0.4, 0.5) is 5.95 Å². The molecule has 24 heavy (non-hydrogen) atoms. The van der Waals surface area contributed by atoms with Crippen molar-refractivity contribution in [3.8, 4) is 0 Å². The monoisotopic (exact) mass is 339 g/mol. The molecule has 134 valence electrons. The Morgan fingerprint density at radius 2 is 1.42 bits per heavy atom. The number of hydrogen-bond donors (Lipinski definition) is 5. The number of aromatic nitrogens is 2. The van der Waals surface area contributed by atoms with Gasteiger partial charge in [0.15, 0.2) is 0 Å². The Kier molecular flexibility index (Phi) is 4.49. The first-order valence-corrected chi connectivity index (χ1v) is 8.17. The fourth-order valence-electron chi connectivity index (χ4n) is 3.63. The molecule has 5 unspecified atom stereocenters. The van der Waals surface area contributed by atoms with Crippen molar-refractivity contribution >= 4 is 5.95 Å². The van der Waals surface area contributed by atoms with E-state index >= 15 is 0 Å². The second-order valence-electron chi connectivity index (χ2n) is 6.47. The molecule has 0 saturated carbocycles. The summed E-state index contributed by atoms with van der Waals surface area (Å²) in [5.74, 6) is 0.299. The van der Waals surface area contributed by atoms with Crippen LogP contribution in [0.1, 0.15) is 50.7 Å². The van der Waals surface area contributed by atoms with E-state index in [2.05, 4.69) is 15.3 Å². The van der Waals surface area contributed by atoms with Crippen LogP contribution in [0.25, 0.3) is 0 Å². The van der Waals surface area contributed by atoms with E-state index in [1.807, 2.05) is 0 Å². The Balaban J connectivity index is 1.83. The fraction of sp³-hybridized carbons (Fsp3) is 0.733. The number of nitrogens with zero attached hydrogens (tertiary/aromatic N) is 4. The summed E-state index contributed by atoms with van der Waals surface area (Å²) in [5.41, 5.74) is 2.68. The predicted molar refractivity (Wildman–Crippen MR) is 85.5 cm³/mol. The van der Waals surface area contributed by atoms with Crippen molar-refractivity contribution in [2.75, 3.05) is 4.90 Å². The molecule has 4 rings (SSSR count). The lowest BCUT2D eigenvalue weighted by atomic mass is 9.81. The van der Waals surface area contributed by atoms with Gasteiger partial charge in [0.05, 0.1) is 23.6 Å². The van der Waals surface area contributed by atoms with Gasteiger partial charge in [0.2, 0.25) is 5.95 Å². The number of anilines is 1. The van der Waals surface area contributed by atoms with Crippen LogP contribution in [-0.4, -0.2) is 66.4 Å². The molecule has 0 amide bonds. The molecule has 3 aliphatic rings. The highest BCUT2D eigenvalue weighted by Crippen LogP contribution is 2.43. The highest BCUT2D eigenvalue weighted by Gasteiger charge is 2.46. The number of hydrogen-bond acceptors (Lipinski definition) is 9. The van der Waals surface area contributed by atoms with Crippen molar-refractivity contribution in [2.24, 2.45) is 0 Å². The highest BCUT2D eigenvalue weighted by molar-refractivity contribution is 5.52. The zero-order valence-corrected chi connectivity index (χ0v) is 14.2. The van der Waals surface area contributed by atoms with Gasteiger partial charge in [-0.25, -0.2) is 14.9 Å².